The van der Waals surface area contributed by atoms with Gasteiger partial charge in [0.1, 0.15) is 0 Å². The lowest BCUT2D eigenvalue weighted by Gasteiger charge is -2.15. The smallest absolute Gasteiger partial charge is 0.262 e. The van der Waals surface area contributed by atoms with Crippen LogP contribution in [0.3, 0.4) is 0 Å². The van der Waals surface area contributed by atoms with Crippen molar-refractivity contribution < 1.29 is 18.3 Å². The third-order valence-corrected chi connectivity index (χ3v) is 6.03. The molecule has 8 heteroatoms. The standard InChI is InChI=1S/C24H20F2N2O3S/c1-30-20-11-10-15(12-21(20)31-2)13-28-23(29)17-7-3-4-9-19(17)27-24(28)32-14-16-6-5-8-18(25)22(16)26/h3-12H,13-14H2,1-2H3. The number of benzene rings is 3. The molecule has 0 bridgehead atoms. The van der Waals surface area contributed by atoms with E-state index in [0.29, 0.717) is 27.6 Å². The van der Waals surface area contributed by atoms with Gasteiger partial charge < -0.3 is 9.47 Å². The first-order valence-electron chi connectivity index (χ1n) is 9.78. The molecule has 32 heavy (non-hydrogen) atoms. The summed E-state index contributed by atoms with van der Waals surface area (Å²) < 4.78 is 39.9. The number of para-hydroxylation sites is 1. The van der Waals surface area contributed by atoms with E-state index in [1.807, 2.05) is 6.07 Å². The summed E-state index contributed by atoms with van der Waals surface area (Å²) in [4.78, 5) is 17.9. The largest absolute Gasteiger partial charge is 0.493 e. The lowest BCUT2D eigenvalue weighted by Crippen LogP contribution is -2.24. The molecule has 3 aromatic carbocycles. The SMILES string of the molecule is COc1ccc(Cn2c(SCc3cccc(F)c3F)nc3ccccc3c2=O)cc1OC. The van der Waals surface area contributed by atoms with Gasteiger partial charge in [-0.1, -0.05) is 42.1 Å². The molecule has 1 heterocycles. The van der Waals surface area contributed by atoms with Crippen LogP contribution in [0.15, 0.2) is 70.6 Å². The van der Waals surface area contributed by atoms with Crippen molar-refractivity contribution in [2.24, 2.45) is 0 Å². The Bertz CT molecular complexity index is 1340. The molecule has 4 aromatic rings. The number of aromatic nitrogens is 2. The zero-order valence-electron chi connectivity index (χ0n) is 17.5. The Hall–Kier alpha value is -3.39. The quantitative estimate of drug-likeness (QED) is 0.290. The number of halogens is 2. The number of nitrogens with zero attached hydrogens (tertiary/aromatic N) is 2. The molecule has 0 amide bonds. The molecule has 0 atom stereocenters. The zero-order valence-corrected chi connectivity index (χ0v) is 18.3. The molecule has 5 nitrogen and oxygen atoms in total. The lowest BCUT2D eigenvalue weighted by molar-refractivity contribution is 0.354. The first kappa shape index (κ1) is 21.8. The number of methoxy groups -OCH3 is 2. The van der Waals surface area contributed by atoms with Crippen LogP contribution in [-0.2, 0) is 12.3 Å². The summed E-state index contributed by atoms with van der Waals surface area (Å²) in [5, 5.41) is 0.890. The van der Waals surface area contributed by atoms with E-state index < -0.39 is 11.6 Å². The van der Waals surface area contributed by atoms with E-state index in [9.17, 15) is 13.6 Å². The van der Waals surface area contributed by atoms with E-state index in [1.165, 1.54) is 28.5 Å². The van der Waals surface area contributed by atoms with Crippen molar-refractivity contribution >= 4 is 22.7 Å². The summed E-state index contributed by atoms with van der Waals surface area (Å²) in [6.45, 7) is 0.227. The van der Waals surface area contributed by atoms with Gasteiger partial charge in [0, 0.05) is 11.3 Å². The highest BCUT2D eigenvalue weighted by molar-refractivity contribution is 7.98. The Morgan fingerprint density at radius 1 is 0.969 bits per heavy atom. The van der Waals surface area contributed by atoms with Gasteiger partial charge in [0.05, 0.1) is 31.7 Å². The molecule has 1 aromatic heterocycles. The lowest BCUT2D eigenvalue weighted by atomic mass is 10.2. The van der Waals surface area contributed by atoms with E-state index >= 15 is 0 Å². The Balaban J connectivity index is 1.75. The van der Waals surface area contributed by atoms with Crippen LogP contribution in [-0.4, -0.2) is 23.8 Å². The Morgan fingerprint density at radius 3 is 2.53 bits per heavy atom. The predicted octanol–water partition coefficient (Wildman–Crippen LogP) is 5.03. The van der Waals surface area contributed by atoms with Crippen LogP contribution in [0.4, 0.5) is 8.78 Å². The minimum absolute atomic E-state index is 0.125. The second-order valence-electron chi connectivity index (χ2n) is 6.99. The average molecular weight is 454 g/mol. The highest BCUT2D eigenvalue weighted by atomic mass is 32.2. The molecule has 0 N–H and O–H groups in total. The molecule has 0 saturated heterocycles. The van der Waals surface area contributed by atoms with Crippen molar-refractivity contribution in [2.45, 2.75) is 17.5 Å². The molecule has 0 fully saturated rings. The van der Waals surface area contributed by atoms with Crippen molar-refractivity contribution in [3.05, 3.63) is 93.8 Å². The summed E-state index contributed by atoms with van der Waals surface area (Å²) in [6, 6.07) is 16.5. The molecule has 164 valence electrons. The molecule has 0 saturated carbocycles. The molecule has 0 aliphatic rings. The Morgan fingerprint density at radius 2 is 1.75 bits per heavy atom. The van der Waals surface area contributed by atoms with Gasteiger partial charge in [0.25, 0.3) is 5.56 Å². The van der Waals surface area contributed by atoms with E-state index in [4.69, 9.17) is 9.47 Å². The molecular weight excluding hydrogens is 434 g/mol. The van der Waals surface area contributed by atoms with Crippen LogP contribution in [0.25, 0.3) is 10.9 Å². The van der Waals surface area contributed by atoms with Crippen LogP contribution in [0.5, 0.6) is 11.5 Å². The first-order valence-corrected chi connectivity index (χ1v) is 10.8. The van der Waals surface area contributed by atoms with Crippen molar-refractivity contribution in [3.63, 3.8) is 0 Å². The minimum Gasteiger partial charge on any atom is -0.493 e. The minimum atomic E-state index is -0.905. The maximum atomic E-state index is 14.1. The molecular formula is C24H20F2N2O3S. The fourth-order valence-electron chi connectivity index (χ4n) is 3.36. The molecule has 0 aliphatic heterocycles. The van der Waals surface area contributed by atoms with Crippen molar-refractivity contribution in [3.8, 4) is 11.5 Å². The molecule has 0 radical (unpaired) electrons. The first-order chi connectivity index (χ1) is 15.5. The maximum absolute atomic E-state index is 14.1. The van der Waals surface area contributed by atoms with E-state index in [0.717, 1.165) is 11.6 Å². The molecule has 0 spiro atoms. The third kappa shape index (κ3) is 4.31. The van der Waals surface area contributed by atoms with Crippen LogP contribution in [0.1, 0.15) is 11.1 Å². The second kappa shape index (κ2) is 9.40. The normalized spacial score (nSPS) is 11.0. The van der Waals surface area contributed by atoms with Crippen molar-refractivity contribution in [1.29, 1.82) is 0 Å². The molecule has 0 unspecified atom stereocenters. The van der Waals surface area contributed by atoms with Gasteiger partial charge >= 0.3 is 0 Å². The highest BCUT2D eigenvalue weighted by Crippen LogP contribution is 2.29. The second-order valence-corrected chi connectivity index (χ2v) is 7.94. The van der Waals surface area contributed by atoms with E-state index in [2.05, 4.69) is 4.98 Å². The number of rotatable bonds is 7. The number of fused-ring (bicyclic) bond motifs is 1. The van der Waals surface area contributed by atoms with Gasteiger partial charge in [-0.2, -0.15) is 0 Å². The summed E-state index contributed by atoms with van der Waals surface area (Å²) in [5.41, 5.74) is 1.34. The van der Waals surface area contributed by atoms with Gasteiger partial charge in [-0.05, 0) is 35.9 Å². The summed E-state index contributed by atoms with van der Waals surface area (Å²) in [5.74, 6) is -0.550. The Labute approximate surface area is 187 Å². The molecule has 4 rings (SSSR count). The van der Waals surface area contributed by atoms with Crippen molar-refractivity contribution in [2.75, 3.05) is 14.2 Å². The van der Waals surface area contributed by atoms with Gasteiger partial charge in [0.2, 0.25) is 0 Å². The number of hydrogen-bond acceptors (Lipinski definition) is 5. The van der Waals surface area contributed by atoms with Gasteiger partial charge in [-0.3, -0.25) is 9.36 Å². The van der Waals surface area contributed by atoms with Crippen LogP contribution in [0.2, 0.25) is 0 Å². The fraction of sp³-hybridized carbons (Fsp3) is 0.167. The predicted molar refractivity (Wildman–Crippen MR) is 121 cm³/mol. The highest BCUT2D eigenvalue weighted by Gasteiger charge is 2.15. The van der Waals surface area contributed by atoms with E-state index in [-0.39, 0.29) is 23.4 Å². The average Bonchev–Trinajstić information content (AvgIpc) is 2.82. The summed E-state index contributed by atoms with van der Waals surface area (Å²) in [6.07, 6.45) is 0. The van der Waals surface area contributed by atoms with E-state index in [1.54, 1.807) is 50.6 Å². The molecule has 0 aliphatic carbocycles. The third-order valence-electron chi connectivity index (χ3n) is 5.00. The number of ether oxygens (including phenoxy) is 2. The summed E-state index contributed by atoms with van der Waals surface area (Å²) in [7, 11) is 3.09. The zero-order chi connectivity index (χ0) is 22.7. The monoisotopic (exact) mass is 454 g/mol. The maximum Gasteiger partial charge on any atom is 0.262 e. The van der Waals surface area contributed by atoms with Crippen LogP contribution < -0.4 is 15.0 Å². The number of thioether (sulfide) groups is 1. The number of hydrogen-bond donors (Lipinski definition) is 0. The van der Waals surface area contributed by atoms with Crippen LogP contribution >= 0.6 is 11.8 Å². The fourth-order valence-corrected chi connectivity index (χ4v) is 4.33. The van der Waals surface area contributed by atoms with Crippen LogP contribution in [0, 0.1) is 11.6 Å². The summed E-state index contributed by atoms with van der Waals surface area (Å²) >= 11 is 1.18. The van der Waals surface area contributed by atoms with Crippen molar-refractivity contribution in [1.82, 2.24) is 9.55 Å². The van der Waals surface area contributed by atoms with Gasteiger partial charge in [-0.25, -0.2) is 13.8 Å². The van der Waals surface area contributed by atoms with Gasteiger partial charge in [0.15, 0.2) is 28.3 Å². The topological polar surface area (TPSA) is 53.4 Å². The van der Waals surface area contributed by atoms with Gasteiger partial charge in [-0.15, -0.1) is 0 Å². The Kier molecular flexibility index (Phi) is 6.41.